The molecule has 0 atom stereocenters. The number of rotatable bonds is 12. The predicted molar refractivity (Wildman–Crippen MR) is 108 cm³/mol. The summed E-state index contributed by atoms with van der Waals surface area (Å²) in [4.78, 5) is 16.7. The average Bonchev–Trinajstić information content (AvgIpc) is 2.55. The molecule has 1 amide bonds. The van der Waals surface area contributed by atoms with E-state index in [4.69, 9.17) is 0 Å². The zero-order valence-corrected chi connectivity index (χ0v) is 17.5. The van der Waals surface area contributed by atoms with Crippen LogP contribution in [0.2, 0.25) is 0 Å². The van der Waals surface area contributed by atoms with Gasteiger partial charge < -0.3 is 4.90 Å². The largest absolute Gasteiger partial charge is 0.340 e. The first kappa shape index (κ1) is 21.2. The van der Waals surface area contributed by atoms with Crippen molar-refractivity contribution in [3.05, 3.63) is 0 Å². The quantitative estimate of drug-likeness (QED) is 0.251. The lowest BCUT2D eigenvalue weighted by atomic mass is 10.1. The normalized spacial score (nSPS) is 16.3. The Morgan fingerprint density at radius 1 is 0.913 bits per heavy atom. The molecule has 0 aromatic carbocycles. The van der Waals surface area contributed by atoms with Crippen LogP contribution in [0.5, 0.6) is 0 Å². The van der Waals surface area contributed by atoms with Crippen LogP contribution in [-0.4, -0.2) is 52.9 Å². The van der Waals surface area contributed by atoms with Gasteiger partial charge in [0.1, 0.15) is 0 Å². The van der Waals surface area contributed by atoms with Crippen LogP contribution in [0.1, 0.15) is 71.6 Å². The van der Waals surface area contributed by atoms with E-state index in [0.717, 1.165) is 39.0 Å². The van der Waals surface area contributed by atoms with Crippen molar-refractivity contribution in [2.24, 2.45) is 5.92 Å². The Morgan fingerprint density at radius 2 is 1.48 bits per heavy atom. The van der Waals surface area contributed by atoms with Gasteiger partial charge in [-0.25, -0.2) is 0 Å². The summed E-state index contributed by atoms with van der Waals surface area (Å²) in [5, 5.41) is 0. The molecule has 0 aliphatic carbocycles. The number of carbonyl (C=O) groups is 1. The second-order valence-corrected chi connectivity index (χ2v) is 8.40. The number of alkyl halides is 1. The molecule has 0 bridgehead atoms. The number of nitrogens with zero attached hydrogens (tertiary/aromatic N) is 2. The summed E-state index contributed by atoms with van der Waals surface area (Å²) in [6, 6.07) is 0. The Morgan fingerprint density at radius 3 is 2.04 bits per heavy atom. The van der Waals surface area contributed by atoms with Gasteiger partial charge in [0.05, 0.1) is 0 Å². The van der Waals surface area contributed by atoms with Gasteiger partial charge in [0.25, 0.3) is 0 Å². The third-order valence-electron chi connectivity index (χ3n) is 4.77. The number of halogens is 1. The summed E-state index contributed by atoms with van der Waals surface area (Å²) in [5.41, 5.74) is 0. The number of piperazine rings is 1. The smallest absolute Gasteiger partial charge is 0.222 e. The second kappa shape index (κ2) is 13.5. The van der Waals surface area contributed by atoms with E-state index in [1.807, 2.05) is 0 Å². The maximum absolute atomic E-state index is 12.1. The van der Waals surface area contributed by atoms with E-state index < -0.39 is 0 Å². The minimum Gasteiger partial charge on any atom is -0.340 e. The Bertz CT molecular complexity index is 302. The molecule has 0 N–H and O–H groups in total. The van der Waals surface area contributed by atoms with Crippen LogP contribution in [-0.2, 0) is 4.79 Å². The SMILES string of the molecule is CC(C)CCC(=O)N1CCN(CCCCCCCCCI)CC1. The van der Waals surface area contributed by atoms with Crippen molar-refractivity contribution in [3.63, 3.8) is 0 Å². The van der Waals surface area contributed by atoms with Crippen LogP contribution in [0.4, 0.5) is 0 Å². The lowest BCUT2D eigenvalue weighted by molar-refractivity contribution is -0.133. The van der Waals surface area contributed by atoms with Crippen LogP contribution in [0.3, 0.4) is 0 Å². The zero-order chi connectivity index (χ0) is 16.9. The molecule has 1 rings (SSSR count). The molecule has 1 aliphatic heterocycles. The number of hydrogen-bond acceptors (Lipinski definition) is 2. The second-order valence-electron chi connectivity index (χ2n) is 7.32. The Hall–Kier alpha value is 0.160. The predicted octanol–water partition coefficient (Wildman–Crippen LogP) is 4.73. The van der Waals surface area contributed by atoms with Gasteiger partial charge in [-0.3, -0.25) is 9.69 Å². The third kappa shape index (κ3) is 10.6. The van der Waals surface area contributed by atoms with E-state index in [1.54, 1.807) is 0 Å². The third-order valence-corrected chi connectivity index (χ3v) is 5.53. The minimum atomic E-state index is 0.366. The molecule has 0 radical (unpaired) electrons. The van der Waals surface area contributed by atoms with Gasteiger partial charge in [-0.1, -0.05) is 68.5 Å². The monoisotopic (exact) mass is 436 g/mol. The Labute approximate surface area is 157 Å². The fourth-order valence-electron chi connectivity index (χ4n) is 3.10. The highest BCUT2D eigenvalue weighted by atomic mass is 127. The van der Waals surface area contributed by atoms with Crippen molar-refractivity contribution < 1.29 is 4.79 Å². The van der Waals surface area contributed by atoms with Gasteiger partial charge in [-0.05, 0) is 36.2 Å². The molecule has 0 unspecified atom stereocenters. The van der Waals surface area contributed by atoms with E-state index in [2.05, 4.69) is 46.2 Å². The van der Waals surface area contributed by atoms with Crippen LogP contribution in [0.25, 0.3) is 0 Å². The molecular formula is C19H37IN2O. The van der Waals surface area contributed by atoms with E-state index in [9.17, 15) is 4.79 Å². The topological polar surface area (TPSA) is 23.6 Å². The molecular weight excluding hydrogens is 399 g/mol. The van der Waals surface area contributed by atoms with Gasteiger partial charge in [-0.2, -0.15) is 0 Å². The zero-order valence-electron chi connectivity index (χ0n) is 15.4. The molecule has 0 spiro atoms. The number of unbranched alkanes of at least 4 members (excludes halogenated alkanes) is 6. The van der Waals surface area contributed by atoms with Gasteiger partial charge >= 0.3 is 0 Å². The molecule has 1 heterocycles. The number of amides is 1. The van der Waals surface area contributed by atoms with Crippen molar-refractivity contribution in [1.82, 2.24) is 9.80 Å². The van der Waals surface area contributed by atoms with Gasteiger partial charge in [-0.15, -0.1) is 0 Å². The van der Waals surface area contributed by atoms with Crippen molar-refractivity contribution >= 4 is 28.5 Å². The molecule has 1 saturated heterocycles. The first-order valence-corrected chi connectivity index (χ1v) is 11.2. The van der Waals surface area contributed by atoms with Crippen LogP contribution < -0.4 is 0 Å². The molecule has 1 aliphatic rings. The van der Waals surface area contributed by atoms with Crippen LogP contribution >= 0.6 is 22.6 Å². The van der Waals surface area contributed by atoms with Gasteiger partial charge in [0.2, 0.25) is 5.91 Å². The Kier molecular flexibility index (Phi) is 12.4. The molecule has 23 heavy (non-hydrogen) atoms. The highest BCUT2D eigenvalue weighted by Gasteiger charge is 2.20. The number of carbonyl (C=O) groups excluding carboxylic acids is 1. The first-order chi connectivity index (χ1) is 11.1. The summed E-state index contributed by atoms with van der Waals surface area (Å²) in [7, 11) is 0. The van der Waals surface area contributed by atoms with E-state index in [-0.39, 0.29) is 0 Å². The molecule has 0 aromatic heterocycles. The molecule has 1 fully saturated rings. The highest BCUT2D eigenvalue weighted by Crippen LogP contribution is 2.11. The summed E-state index contributed by atoms with van der Waals surface area (Å²) in [6.45, 7) is 9.62. The molecule has 0 saturated carbocycles. The van der Waals surface area contributed by atoms with E-state index >= 15 is 0 Å². The van der Waals surface area contributed by atoms with Crippen LogP contribution in [0.15, 0.2) is 0 Å². The van der Waals surface area contributed by atoms with E-state index in [0.29, 0.717) is 11.8 Å². The highest BCUT2D eigenvalue weighted by molar-refractivity contribution is 14.1. The maximum atomic E-state index is 12.1. The maximum Gasteiger partial charge on any atom is 0.222 e. The lowest BCUT2D eigenvalue weighted by Gasteiger charge is -2.35. The van der Waals surface area contributed by atoms with E-state index in [1.165, 1.54) is 55.9 Å². The lowest BCUT2D eigenvalue weighted by Crippen LogP contribution is -2.48. The fraction of sp³-hybridized carbons (Fsp3) is 0.947. The van der Waals surface area contributed by atoms with Crippen molar-refractivity contribution in [2.45, 2.75) is 71.6 Å². The van der Waals surface area contributed by atoms with Crippen molar-refractivity contribution in [1.29, 1.82) is 0 Å². The summed E-state index contributed by atoms with van der Waals surface area (Å²) in [6.07, 6.45) is 11.5. The van der Waals surface area contributed by atoms with Crippen LogP contribution in [0, 0.1) is 5.92 Å². The first-order valence-electron chi connectivity index (χ1n) is 9.69. The van der Waals surface area contributed by atoms with Crippen molar-refractivity contribution in [3.8, 4) is 0 Å². The van der Waals surface area contributed by atoms with Gasteiger partial charge in [0, 0.05) is 32.6 Å². The summed E-state index contributed by atoms with van der Waals surface area (Å²) >= 11 is 2.47. The molecule has 4 heteroatoms. The molecule has 136 valence electrons. The summed E-state index contributed by atoms with van der Waals surface area (Å²) < 4.78 is 1.31. The van der Waals surface area contributed by atoms with Gasteiger partial charge in [0.15, 0.2) is 0 Å². The molecule has 0 aromatic rings. The Balaban J connectivity index is 1.98. The fourth-order valence-corrected chi connectivity index (χ4v) is 3.64. The standard InChI is InChI=1S/C19H37IN2O/c1-18(2)10-11-19(23)22-16-14-21(15-17-22)13-9-7-5-3-4-6-8-12-20/h18H,3-17H2,1-2H3. The minimum absolute atomic E-state index is 0.366. The molecule has 3 nitrogen and oxygen atoms in total. The number of hydrogen-bond donors (Lipinski definition) is 0. The van der Waals surface area contributed by atoms with Crippen molar-refractivity contribution in [2.75, 3.05) is 37.2 Å². The average molecular weight is 436 g/mol. The summed E-state index contributed by atoms with van der Waals surface area (Å²) in [5.74, 6) is 0.992.